The predicted molar refractivity (Wildman–Crippen MR) is 92.2 cm³/mol. The van der Waals surface area contributed by atoms with E-state index in [1.807, 2.05) is 60.7 Å². The van der Waals surface area contributed by atoms with Gasteiger partial charge in [0.25, 0.3) is 0 Å². The van der Waals surface area contributed by atoms with Crippen LogP contribution in [0, 0.1) is 0 Å². The lowest BCUT2D eigenvalue weighted by molar-refractivity contribution is 1.04. The fraction of sp³-hybridized carbons (Fsp3) is 0. The molecule has 2 N–H and O–H groups in total. The molecule has 0 saturated heterocycles. The summed E-state index contributed by atoms with van der Waals surface area (Å²) in [6.07, 6.45) is 1.67. The van der Waals surface area contributed by atoms with Gasteiger partial charge in [0.2, 0.25) is 17.2 Å². The van der Waals surface area contributed by atoms with E-state index in [2.05, 4.69) is 30.8 Å². The number of rotatable bonds is 5. The number of hydrogen-bond donors (Lipinski definition) is 2. The van der Waals surface area contributed by atoms with Gasteiger partial charge in [0.05, 0.1) is 6.21 Å². The topological polar surface area (TPSA) is 75.1 Å². The molecule has 0 unspecified atom stereocenters. The molecule has 3 rings (SSSR count). The first-order chi connectivity index (χ1) is 11.3. The van der Waals surface area contributed by atoms with Crippen molar-refractivity contribution in [3.63, 3.8) is 0 Å². The summed E-state index contributed by atoms with van der Waals surface area (Å²) in [6.45, 7) is 0. The SMILES string of the molecule is Clc1nc(N/N=C/c2ccccc2)nc(Nc2ccccc2)n1. The van der Waals surface area contributed by atoms with E-state index in [4.69, 9.17) is 11.6 Å². The van der Waals surface area contributed by atoms with Crippen LogP contribution < -0.4 is 10.7 Å². The molecule has 23 heavy (non-hydrogen) atoms. The lowest BCUT2D eigenvalue weighted by Crippen LogP contribution is -2.03. The Hall–Kier alpha value is -2.99. The summed E-state index contributed by atoms with van der Waals surface area (Å²) >= 11 is 5.92. The first-order valence-electron chi connectivity index (χ1n) is 6.87. The molecule has 0 aliphatic heterocycles. The van der Waals surface area contributed by atoms with E-state index in [0.717, 1.165) is 11.3 Å². The van der Waals surface area contributed by atoms with Crippen LogP contribution in [-0.2, 0) is 0 Å². The number of halogens is 1. The second-order valence-corrected chi connectivity index (χ2v) is 4.86. The highest BCUT2D eigenvalue weighted by molar-refractivity contribution is 6.28. The third-order valence-corrected chi connectivity index (χ3v) is 2.98. The minimum atomic E-state index is 0.0795. The minimum Gasteiger partial charge on any atom is -0.324 e. The molecule has 0 bridgehead atoms. The van der Waals surface area contributed by atoms with Gasteiger partial charge >= 0.3 is 0 Å². The molecule has 3 aromatic rings. The molecule has 0 aliphatic rings. The number of anilines is 3. The van der Waals surface area contributed by atoms with E-state index in [9.17, 15) is 0 Å². The third-order valence-electron chi connectivity index (χ3n) is 2.82. The Kier molecular flexibility index (Phi) is 4.76. The molecule has 6 nitrogen and oxygen atoms in total. The van der Waals surface area contributed by atoms with Gasteiger partial charge in [-0.25, -0.2) is 5.43 Å². The lowest BCUT2D eigenvalue weighted by atomic mass is 10.2. The predicted octanol–water partition coefficient (Wildman–Crippen LogP) is 3.71. The van der Waals surface area contributed by atoms with Crippen molar-refractivity contribution in [3.8, 4) is 0 Å². The van der Waals surface area contributed by atoms with Gasteiger partial charge in [-0.2, -0.15) is 20.1 Å². The van der Waals surface area contributed by atoms with Crippen LogP contribution in [0.25, 0.3) is 0 Å². The Bertz CT molecular complexity index is 792. The van der Waals surface area contributed by atoms with Gasteiger partial charge < -0.3 is 5.32 Å². The van der Waals surface area contributed by atoms with Crippen molar-refractivity contribution in [1.29, 1.82) is 0 Å². The molecule has 1 aromatic heterocycles. The van der Waals surface area contributed by atoms with Gasteiger partial charge in [0, 0.05) is 5.69 Å². The van der Waals surface area contributed by atoms with Crippen LogP contribution in [0.4, 0.5) is 17.6 Å². The third kappa shape index (κ3) is 4.49. The normalized spacial score (nSPS) is 10.7. The van der Waals surface area contributed by atoms with E-state index < -0.39 is 0 Å². The molecule has 0 saturated carbocycles. The van der Waals surface area contributed by atoms with Crippen LogP contribution in [0.3, 0.4) is 0 Å². The van der Waals surface area contributed by atoms with E-state index in [1.165, 1.54) is 0 Å². The maximum Gasteiger partial charge on any atom is 0.249 e. The molecule has 7 heteroatoms. The summed E-state index contributed by atoms with van der Waals surface area (Å²) in [7, 11) is 0. The molecule has 0 spiro atoms. The summed E-state index contributed by atoms with van der Waals surface area (Å²) in [4.78, 5) is 12.2. The van der Waals surface area contributed by atoms with Gasteiger partial charge in [-0.3, -0.25) is 0 Å². The van der Waals surface area contributed by atoms with Crippen molar-refractivity contribution in [2.24, 2.45) is 5.10 Å². The van der Waals surface area contributed by atoms with Gasteiger partial charge in [-0.05, 0) is 29.3 Å². The molecule has 2 aromatic carbocycles. The second kappa shape index (κ2) is 7.33. The van der Waals surface area contributed by atoms with Crippen molar-refractivity contribution in [2.75, 3.05) is 10.7 Å². The quantitative estimate of drug-likeness (QED) is 0.552. The largest absolute Gasteiger partial charge is 0.324 e. The van der Waals surface area contributed by atoms with E-state index in [0.29, 0.717) is 5.95 Å². The maximum absolute atomic E-state index is 5.92. The number of nitrogens with one attached hydrogen (secondary N) is 2. The van der Waals surface area contributed by atoms with Gasteiger partial charge in [0.15, 0.2) is 0 Å². The molecular formula is C16H13ClN6. The highest BCUT2D eigenvalue weighted by Crippen LogP contribution is 2.15. The number of hydrogen-bond acceptors (Lipinski definition) is 6. The number of para-hydroxylation sites is 1. The number of hydrazone groups is 1. The van der Waals surface area contributed by atoms with Crippen LogP contribution in [-0.4, -0.2) is 21.2 Å². The Morgan fingerprint density at radius 1 is 0.826 bits per heavy atom. The van der Waals surface area contributed by atoms with Crippen molar-refractivity contribution in [1.82, 2.24) is 15.0 Å². The van der Waals surface area contributed by atoms with Crippen molar-refractivity contribution < 1.29 is 0 Å². The smallest absolute Gasteiger partial charge is 0.249 e. The molecule has 0 aliphatic carbocycles. The number of benzene rings is 2. The average Bonchev–Trinajstić information content (AvgIpc) is 2.56. The fourth-order valence-electron chi connectivity index (χ4n) is 1.81. The standard InChI is InChI=1S/C16H13ClN6/c17-14-20-15(19-13-9-5-2-6-10-13)22-16(21-14)23-18-11-12-7-3-1-4-8-12/h1-11H,(H2,19,20,21,22,23)/b18-11+. The van der Waals surface area contributed by atoms with Crippen LogP contribution in [0.5, 0.6) is 0 Å². The van der Waals surface area contributed by atoms with E-state index in [1.54, 1.807) is 6.21 Å². The zero-order valence-electron chi connectivity index (χ0n) is 12.0. The lowest BCUT2D eigenvalue weighted by Gasteiger charge is -2.06. The highest BCUT2D eigenvalue weighted by Gasteiger charge is 2.04. The number of nitrogens with zero attached hydrogens (tertiary/aromatic N) is 4. The molecule has 0 fully saturated rings. The molecule has 0 amide bonds. The zero-order valence-corrected chi connectivity index (χ0v) is 12.8. The van der Waals surface area contributed by atoms with Crippen LogP contribution in [0.15, 0.2) is 65.8 Å². The summed E-state index contributed by atoms with van der Waals surface area (Å²) in [5.74, 6) is 0.601. The maximum atomic E-state index is 5.92. The summed E-state index contributed by atoms with van der Waals surface area (Å²) < 4.78 is 0. The second-order valence-electron chi connectivity index (χ2n) is 4.52. The van der Waals surface area contributed by atoms with E-state index in [-0.39, 0.29) is 11.2 Å². The fourth-order valence-corrected chi connectivity index (χ4v) is 1.97. The molecule has 0 atom stereocenters. The minimum absolute atomic E-state index is 0.0795. The van der Waals surface area contributed by atoms with E-state index >= 15 is 0 Å². The first kappa shape index (κ1) is 14.9. The van der Waals surface area contributed by atoms with Crippen LogP contribution >= 0.6 is 11.6 Å². The van der Waals surface area contributed by atoms with Crippen LogP contribution in [0.1, 0.15) is 5.56 Å². The Balaban J connectivity index is 1.71. The zero-order chi connectivity index (χ0) is 15.9. The first-order valence-corrected chi connectivity index (χ1v) is 7.25. The summed E-state index contributed by atoms with van der Waals surface area (Å²) in [6, 6.07) is 19.2. The van der Waals surface area contributed by atoms with Crippen LogP contribution in [0.2, 0.25) is 5.28 Å². The number of aromatic nitrogens is 3. The molecule has 1 heterocycles. The Morgan fingerprint density at radius 2 is 1.48 bits per heavy atom. The van der Waals surface area contributed by atoms with Gasteiger partial charge in [-0.1, -0.05) is 48.5 Å². The molecule has 0 radical (unpaired) electrons. The van der Waals surface area contributed by atoms with Gasteiger partial charge in [0.1, 0.15) is 0 Å². The molecular weight excluding hydrogens is 312 g/mol. The van der Waals surface area contributed by atoms with Gasteiger partial charge in [-0.15, -0.1) is 0 Å². The average molecular weight is 325 g/mol. The van der Waals surface area contributed by atoms with Crippen molar-refractivity contribution >= 4 is 35.4 Å². The molecule has 114 valence electrons. The monoisotopic (exact) mass is 324 g/mol. The highest BCUT2D eigenvalue weighted by atomic mass is 35.5. The van der Waals surface area contributed by atoms with Crippen molar-refractivity contribution in [3.05, 3.63) is 71.5 Å². The summed E-state index contributed by atoms with van der Waals surface area (Å²) in [5.41, 5.74) is 4.56. The Labute approximate surface area is 138 Å². The Morgan fingerprint density at radius 3 is 2.22 bits per heavy atom. The summed E-state index contributed by atoms with van der Waals surface area (Å²) in [5, 5.41) is 7.22. The van der Waals surface area contributed by atoms with Crippen molar-refractivity contribution in [2.45, 2.75) is 0 Å².